The van der Waals surface area contributed by atoms with Crippen LogP contribution in [0.5, 0.6) is 11.5 Å². The van der Waals surface area contributed by atoms with E-state index in [1.165, 1.54) is 18.1 Å². The molecule has 0 aliphatic carbocycles. The average Bonchev–Trinajstić information content (AvgIpc) is 3.24. The molecule has 0 saturated carbocycles. The predicted molar refractivity (Wildman–Crippen MR) is 216 cm³/mol. The first-order valence-electron chi connectivity index (χ1n) is 19.1. The number of pyridine rings is 1. The second kappa shape index (κ2) is 18.0. The Morgan fingerprint density at radius 3 is 2.39 bits per heavy atom. The van der Waals surface area contributed by atoms with Crippen molar-refractivity contribution in [2.45, 2.75) is 44.4 Å². The maximum absolute atomic E-state index is 14.7. The van der Waals surface area contributed by atoms with Crippen LogP contribution < -0.4 is 25.3 Å². The minimum atomic E-state index is -1.51. The van der Waals surface area contributed by atoms with Gasteiger partial charge in [-0.1, -0.05) is 54.6 Å². The maximum Gasteiger partial charge on any atom is 0.351 e. The number of nitrogens with one attached hydrogen (secondary N) is 1. The molecule has 2 amide bonds. The zero-order valence-electron chi connectivity index (χ0n) is 32.3. The molecule has 6 aromatic rings. The van der Waals surface area contributed by atoms with Gasteiger partial charge in [-0.05, 0) is 67.1 Å². The van der Waals surface area contributed by atoms with E-state index < -0.39 is 59.6 Å². The molecule has 14 nitrogen and oxygen atoms in total. The number of amides is 2. The zero-order chi connectivity index (χ0) is 41.5. The van der Waals surface area contributed by atoms with E-state index in [2.05, 4.69) is 10.3 Å². The third-order valence-electron chi connectivity index (χ3n) is 9.89. The molecule has 7 rings (SSSR count). The van der Waals surface area contributed by atoms with Gasteiger partial charge in [0.2, 0.25) is 5.91 Å². The van der Waals surface area contributed by atoms with E-state index in [1.807, 2.05) is 12.1 Å². The number of rotatable bonds is 14. The summed E-state index contributed by atoms with van der Waals surface area (Å²) in [6.45, 7) is 1.68. The monoisotopic (exact) mass is 799 g/mol. The summed E-state index contributed by atoms with van der Waals surface area (Å²) < 4.78 is 28.3. The molecule has 59 heavy (non-hydrogen) atoms. The van der Waals surface area contributed by atoms with Crippen LogP contribution in [0.15, 0.2) is 118 Å². The van der Waals surface area contributed by atoms with Crippen molar-refractivity contribution in [2.24, 2.45) is 0 Å². The number of carbonyl (C=O) groups excluding carboxylic acids is 4. The summed E-state index contributed by atoms with van der Waals surface area (Å²) in [5.41, 5.74) is 0.650. The lowest BCUT2D eigenvalue weighted by Gasteiger charge is -2.45. The van der Waals surface area contributed by atoms with Gasteiger partial charge in [-0.25, -0.2) is 14.6 Å². The molecule has 1 aliphatic heterocycles. The number of aliphatic hydroxyl groups is 1. The average molecular weight is 800 g/mol. The normalized spacial score (nSPS) is 15.9. The summed E-state index contributed by atoms with van der Waals surface area (Å²) in [4.78, 5) is 75.9. The summed E-state index contributed by atoms with van der Waals surface area (Å²) in [7, 11) is 1.53. The molecule has 0 bridgehead atoms. The van der Waals surface area contributed by atoms with Crippen molar-refractivity contribution in [3.8, 4) is 11.5 Å². The summed E-state index contributed by atoms with van der Waals surface area (Å²) in [6.07, 6.45) is -1.80. The van der Waals surface area contributed by atoms with E-state index >= 15 is 0 Å². The van der Waals surface area contributed by atoms with Crippen molar-refractivity contribution >= 4 is 51.3 Å². The Bertz CT molecular complexity index is 2570. The Labute approximate surface area is 338 Å². The summed E-state index contributed by atoms with van der Waals surface area (Å²) in [5, 5.41) is 13.7. The molecule has 302 valence electrons. The van der Waals surface area contributed by atoms with Crippen LogP contribution in [0.4, 0.5) is 5.69 Å². The molecule has 2 N–H and O–H groups in total. The Morgan fingerprint density at radius 1 is 0.881 bits per heavy atom. The van der Waals surface area contributed by atoms with Crippen molar-refractivity contribution in [1.29, 1.82) is 0 Å². The first kappa shape index (κ1) is 40.1. The van der Waals surface area contributed by atoms with Gasteiger partial charge in [0, 0.05) is 35.1 Å². The molecule has 0 fully saturated rings. The molecule has 14 heteroatoms. The number of ether oxygens (including phenoxy) is 4. The summed E-state index contributed by atoms with van der Waals surface area (Å²) in [5.74, 6) is -2.05. The second-order valence-corrected chi connectivity index (χ2v) is 13.7. The van der Waals surface area contributed by atoms with E-state index in [1.54, 1.807) is 97.9 Å². The van der Waals surface area contributed by atoms with Crippen molar-refractivity contribution < 1.29 is 47.6 Å². The number of anilines is 1. The zero-order valence-corrected chi connectivity index (χ0v) is 32.3. The quantitative estimate of drug-likeness (QED) is 0.0778. The van der Waals surface area contributed by atoms with E-state index in [0.29, 0.717) is 45.6 Å². The SMILES string of the molecule is CCOC(=O)C[C@H]1[C@H](OC(=O)c2cc3ccccc3oc2=O)[C@@H](NC(=O)c2ccc3ccccc3n2)c2cc(OCCCO)ccc2N1C(=O)Cc1ccc(OC)cc1. The van der Waals surface area contributed by atoms with Gasteiger partial charge in [-0.3, -0.25) is 14.4 Å². The molecule has 2 aromatic heterocycles. The van der Waals surface area contributed by atoms with E-state index in [0.717, 1.165) is 5.39 Å². The van der Waals surface area contributed by atoms with Crippen LogP contribution in [0.3, 0.4) is 0 Å². The Hall–Kier alpha value is -7.06. The molecule has 0 saturated heterocycles. The number of hydrogen-bond acceptors (Lipinski definition) is 12. The molecule has 0 unspecified atom stereocenters. The van der Waals surface area contributed by atoms with E-state index in [4.69, 9.17) is 23.4 Å². The van der Waals surface area contributed by atoms with Crippen molar-refractivity contribution in [1.82, 2.24) is 10.3 Å². The molecule has 0 radical (unpaired) electrons. The Morgan fingerprint density at radius 2 is 1.63 bits per heavy atom. The smallest absolute Gasteiger partial charge is 0.351 e. The van der Waals surface area contributed by atoms with Gasteiger partial charge in [-0.2, -0.15) is 0 Å². The third-order valence-corrected chi connectivity index (χ3v) is 9.89. The number of esters is 2. The number of fused-ring (bicyclic) bond motifs is 3. The molecule has 3 atom stereocenters. The maximum atomic E-state index is 14.7. The van der Waals surface area contributed by atoms with Crippen LogP contribution in [0.1, 0.15) is 57.8 Å². The molecule has 0 spiro atoms. The minimum absolute atomic E-state index is 0.0207. The first-order chi connectivity index (χ1) is 28.7. The number of nitrogens with zero attached hydrogens (tertiary/aromatic N) is 2. The third kappa shape index (κ3) is 8.92. The number of aromatic nitrogens is 1. The number of benzene rings is 4. The summed E-state index contributed by atoms with van der Waals surface area (Å²) in [6, 6.07) is 27.7. The van der Waals surface area contributed by atoms with Crippen molar-refractivity contribution in [2.75, 3.05) is 31.8 Å². The molecule has 3 heterocycles. The molecular formula is C45H41N3O11. The topological polar surface area (TPSA) is 184 Å². The number of carbonyl (C=O) groups is 4. The number of aliphatic hydroxyl groups excluding tert-OH is 1. The molecule has 4 aromatic carbocycles. The lowest BCUT2D eigenvalue weighted by atomic mass is 9.85. The Kier molecular flexibility index (Phi) is 12.3. The van der Waals surface area contributed by atoms with Gasteiger partial charge in [0.1, 0.15) is 34.4 Å². The molecular weight excluding hydrogens is 759 g/mol. The Balaban J connectivity index is 1.38. The number of methoxy groups -OCH3 is 1. The standard InChI is InChI=1S/C45H41N3O11/c1-3-56-40(51)26-37-42(59-45(54)33-24-29-10-5-7-12-38(29)58-44(33)53)41(47-43(52)35-19-15-28-9-4-6-11-34(28)46-35)32-25-31(57-22-8-21-49)18-20-36(32)48(37)39(50)23-27-13-16-30(55-2)17-14-27/h4-7,9-20,24-25,37,41-42,49H,3,8,21-23,26H2,1-2H3,(H,47,52)/t37-,41-,42-/m0/s1. The van der Waals surface area contributed by atoms with Crippen LogP contribution in [-0.4, -0.2) is 72.9 Å². The number of para-hydroxylation sites is 2. The van der Waals surface area contributed by atoms with Gasteiger partial charge < -0.3 is 38.7 Å². The van der Waals surface area contributed by atoms with Crippen LogP contribution >= 0.6 is 0 Å². The van der Waals surface area contributed by atoms with Gasteiger partial charge in [0.25, 0.3) is 5.91 Å². The predicted octanol–water partition coefficient (Wildman–Crippen LogP) is 5.72. The highest BCUT2D eigenvalue weighted by atomic mass is 16.6. The van der Waals surface area contributed by atoms with Gasteiger partial charge in [-0.15, -0.1) is 0 Å². The van der Waals surface area contributed by atoms with Crippen LogP contribution in [0, 0.1) is 0 Å². The first-order valence-corrected chi connectivity index (χ1v) is 19.1. The highest BCUT2D eigenvalue weighted by molar-refractivity contribution is 6.00. The lowest BCUT2D eigenvalue weighted by molar-refractivity contribution is -0.144. The minimum Gasteiger partial charge on any atom is -0.497 e. The van der Waals surface area contributed by atoms with Crippen molar-refractivity contribution in [3.05, 3.63) is 142 Å². The lowest BCUT2D eigenvalue weighted by Crippen LogP contribution is -2.59. The fourth-order valence-corrected chi connectivity index (χ4v) is 7.10. The fourth-order valence-electron chi connectivity index (χ4n) is 7.10. The van der Waals surface area contributed by atoms with Gasteiger partial charge in [0.15, 0.2) is 0 Å². The highest BCUT2D eigenvalue weighted by Gasteiger charge is 2.48. The highest BCUT2D eigenvalue weighted by Crippen LogP contribution is 2.43. The number of hydrogen-bond donors (Lipinski definition) is 2. The van der Waals surface area contributed by atoms with Crippen LogP contribution in [-0.2, 0) is 25.5 Å². The fraction of sp³-hybridized carbons (Fsp3) is 0.244. The van der Waals surface area contributed by atoms with Crippen LogP contribution in [0.2, 0.25) is 0 Å². The van der Waals surface area contributed by atoms with Crippen LogP contribution in [0.25, 0.3) is 21.9 Å². The summed E-state index contributed by atoms with van der Waals surface area (Å²) >= 11 is 0. The van der Waals surface area contributed by atoms with Gasteiger partial charge >= 0.3 is 17.6 Å². The largest absolute Gasteiger partial charge is 0.497 e. The molecule has 1 aliphatic rings. The van der Waals surface area contributed by atoms with Crippen molar-refractivity contribution in [3.63, 3.8) is 0 Å². The van der Waals surface area contributed by atoms with E-state index in [-0.39, 0.29) is 37.5 Å². The van der Waals surface area contributed by atoms with E-state index in [9.17, 15) is 29.1 Å². The second-order valence-electron chi connectivity index (χ2n) is 13.7. The van der Waals surface area contributed by atoms with Gasteiger partial charge in [0.05, 0.1) is 50.8 Å².